The minimum atomic E-state index is -0.281. The fourth-order valence-electron chi connectivity index (χ4n) is 2.79. The van der Waals surface area contributed by atoms with Crippen LogP contribution in [-0.4, -0.2) is 23.3 Å². The molecule has 3 rings (SSSR count). The van der Waals surface area contributed by atoms with Crippen LogP contribution in [0.5, 0.6) is 5.75 Å². The summed E-state index contributed by atoms with van der Waals surface area (Å²) in [5.41, 5.74) is 1.69. The molecule has 0 saturated heterocycles. The van der Waals surface area contributed by atoms with E-state index in [2.05, 4.69) is 24.1 Å². The number of hydrogen-bond acceptors (Lipinski definition) is 5. The topological polar surface area (TPSA) is 68.3 Å². The minimum Gasteiger partial charge on any atom is -0.483 e. The van der Waals surface area contributed by atoms with E-state index < -0.39 is 0 Å². The maximum atomic E-state index is 12.2. The molecule has 1 aromatic heterocycles. The first kappa shape index (κ1) is 16.6. The molecule has 0 spiro atoms. The van der Waals surface area contributed by atoms with Gasteiger partial charge in [0.25, 0.3) is 5.91 Å². The van der Waals surface area contributed by atoms with Gasteiger partial charge in [0.15, 0.2) is 17.5 Å². The van der Waals surface area contributed by atoms with E-state index in [0.717, 1.165) is 17.7 Å². The molecule has 5 nitrogen and oxygen atoms in total. The highest BCUT2D eigenvalue weighted by molar-refractivity contribution is 7.17. The number of amides is 1. The van der Waals surface area contributed by atoms with Crippen molar-refractivity contribution >= 4 is 28.2 Å². The van der Waals surface area contributed by atoms with Crippen LogP contribution in [0, 0.1) is 12.3 Å². The van der Waals surface area contributed by atoms with Gasteiger partial charge in [0.2, 0.25) is 0 Å². The molecule has 2 aromatic rings. The Bertz CT molecular complexity index is 795. The summed E-state index contributed by atoms with van der Waals surface area (Å²) in [4.78, 5) is 29.3. The third-order valence-electron chi connectivity index (χ3n) is 3.93. The lowest BCUT2D eigenvalue weighted by molar-refractivity contribution is -0.118. The summed E-state index contributed by atoms with van der Waals surface area (Å²) in [6, 6.07) is 7.53. The van der Waals surface area contributed by atoms with Crippen LogP contribution in [-0.2, 0) is 11.2 Å². The van der Waals surface area contributed by atoms with E-state index in [1.165, 1.54) is 11.3 Å². The van der Waals surface area contributed by atoms with Gasteiger partial charge >= 0.3 is 0 Å². The van der Waals surface area contributed by atoms with Gasteiger partial charge in [0.1, 0.15) is 5.75 Å². The van der Waals surface area contributed by atoms with Gasteiger partial charge in [-0.05, 0) is 30.4 Å². The lowest BCUT2D eigenvalue weighted by atomic mass is 9.78. The Morgan fingerprint density at radius 2 is 2.08 bits per heavy atom. The molecule has 0 fully saturated rings. The molecular formula is C18H20N2O3S. The molecule has 0 bridgehead atoms. The fraction of sp³-hybridized carbons (Fsp3) is 0.389. The van der Waals surface area contributed by atoms with E-state index in [0.29, 0.717) is 22.2 Å². The molecule has 0 saturated carbocycles. The van der Waals surface area contributed by atoms with E-state index >= 15 is 0 Å². The van der Waals surface area contributed by atoms with Crippen LogP contribution in [0.4, 0.5) is 5.13 Å². The van der Waals surface area contributed by atoms with Crippen LogP contribution in [0.3, 0.4) is 0 Å². The van der Waals surface area contributed by atoms with Crippen LogP contribution in [0.2, 0.25) is 0 Å². The number of carbonyl (C=O) groups excluding carboxylic acids is 2. The fourth-order valence-corrected chi connectivity index (χ4v) is 3.73. The Morgan fingerprint density at radius 1 is 1.33 bits per heavy atom. The predicted octanol–water partition coefficient (Wildman–Crippen LogP) is 3.62. The second kappa shape index (κ2) is 6.36. The number of para-hydroxylation sites is 1. The average Bonchev–Trinajstić information content (AvgIpc) is 2.87. The number of benzene rings is 1. The molecule has 1 N–H and O–H groups in total. The van der Waals surface area contributed by atoms with Gasteiger partial charge in [-0.2, -0.15) is 0 Å². The number of carbonyl (C=O) groups is 2. The number of ketones is 1. The van der Waals surface area contributed by atoms with Crippen molar-refractivity contribution in [3.05, 3.63) is 40.4 Å². The number of aryl methyl sites for hydroxylation is 1. The molecule has 6 heteroatoms. The number of Topliss-reactive ketones (excluding diaryl/α,β-unsaturated/α-hetero) is 1. The number of anilines is 1. The SMILES string of the molecule is Cc1ccccc1OCC(=O)Nc1nc2c(s1)C(=O)CC(C)(C)C2. The van der Waals surface area contributed by atoms with Crippen LogP contribution < -0.4 is 10.1 Å². The standard InChI is InChI=1S/C18H20N2O3S/c1-11-6-4-5-7-14(11)23-10-15(22)20-17-19-12-8-18(2,3)9-13(21)16(12)24-17/h4-7H,8-10H2,1-3H3,(H,19,20,22). The first-order valence-corrected chi connectivity index (χ1v) is 8.67. The Balaban J connectivity index is 1.64. The molecule has 1 amide bonds. The summed E-state index contributed by atoms with van der Waals surface area (Å²) in [6.07, 6.45) is 1.27. The molecule has 1 aromatic carbocycles. The summed E-state index contributed by atoms with van der Waals surface area (Å²) < 4.78 is 5.52. The van der Waals surface area contributed by atoms with Crippen molar-refractivity contribution in [1.29, 1.82) is 0 Å². The van der Waals surface area contributed by atoms with E-state index in [-0.39, 0.29) is 23.7 Å². The maximum absolute atomic E-state index is 12.2. The zero-order valence-electron chi connectivity index (χ0n) is 14.0. The summed E-state index contributed by atoms with van der Waals surface area (Å²) in [7, 11) is 0. The molecule has 0 unspecified atom stereocenters. The molecule has 1 heterocycles. The largest absolute Gasteiger partial charge is 0.483 e. The molecule has 1 aliphatic rings. The van der Waals surface area contributed by atoms with E-state index in [1.807, 2.05) is 31.2 Å². The molecule has 0 radical (unpaired) electrons. The number of ether oxygens (including phenoxy) is 1. The van der Waals surface area contributed by atoms with Crippen LogP contribution >= 0.6 is 11.3 Å². The Morgan fingerprint density at radius 3 is 2.83 bits per heavy atom. The second-order valence-electron chi connectivity index (χ2n) is 6.84. The number of rotatable bonds is 4. The summed E-state index contributed by atoms with van der Waals surface area (Å²) in [6.45, 7) is 5.95. The second-order valence-corrected chi connectivity index (χ2v) is 7.84. The maximum Gasteiger partial charge on any atom is 0.264 e. The van der Waals surface area contributed by atoms with Crippen LogP contribution in [0.25, 0.3) is 0 Å². The molecular weight excluding hydrogens is 324 g/mol. The molecule has 126 valence electrons. The number of hydrogen-bond donors (Lipinski definition) is 1. The van der Waals surface area contributed by atoms with Crippen molar-refractivity contribution < 1.29 is 14.3 Å². The third-order valence-corrected chi connectivity index (χ3v) is 4.99. The zero-order valence-corrected chi connectivity index (χ0v) is 14.8. The van der Waals surface area contributed by atoms with Crippen molar-refractivity contribution in [2.75, 3.05) is 11.9 Å². The van der Waals surface area contributed by atoms with Gasteiger partial charge in [-0.3, -0.25) is 14.9 Å². The minimum absolute atomic E-state index is 0.0760. The van der Waals surface area contributed by atoms with Crippen molar-refractivity contribution in [2.24, 2.45) is 5.41 Å². The number of fused-ring (bicyclic) bond motifs is 1. The number of nitrogens with zero attached hydrogens (tertiary/aromatic N) is 1. The third kappa shape index (κ3) is 3.64. The first-order valence-electron chi connectivity index (χ1n) is 7.85. The highest BCUT2D eigenvalue weighted by Crippen LogP contribution is 2.38. The molecule has 24 heavy (non-hydrogen) atoms. The van der Waals surface area contributed by atoms with Gasteiger partial charge < -0.3 is 4.74 Å². The Hall–Kier alpha value is -2.21. The normalized spacial score (nSPS) is 15.7. The first-order chi connectivity index (χ1) is 11.3. The average molecular weight is 344 g/mol. The quantitative estimate of drug-likeness (QED) is 0.920. The summed E-state index contributed by atoms with van der Waals surface area (Å²) in [5, 5.41) is 3.19. The van der Waals surface area contributed by atoms with Gasteiger partial charge in [-0.1, -0.05) is 43.4 Å². The van der Waals surface area contributed by atoms with Gasteiger partial charge in [0.05, 0.1) is 10.6 Å². The highest BCUT2D eigenvalue weighted by atomic mass is 32.1. The smallest absolute Gasteiger partial charge is 0.264 e. The molecule has 0 atom stereocenters. The van der Waals surface area contributed by atoms with E-state index in [4.69, 9.17) is 4.74 Å². The lowest BCUT2D eigenvalue weighted by Gasteiger charge is -2.26. The van der Waals surface area contributed by atoms with Gasteiger partial charge in [-0.25, -0.2) is 4.98 Å². The van der Waals surface area contributed by atoms with Crippen molar-refractivity contribution in [3.63, 3.8) is 0 Å². The predicted molar refractivity (Wildman–Crippen MR) is 93.9 cm³/mol. The Kier molecular flexibility index (Phi) is 4.41. The van der Waals surface area contributed by atoms with E-state index in [1.54, 1.807) is 0 Å². The van der Waals surface area contributed by atoms with Crippen molar-refractivity contribution in [2.45, 2.75) is 33.6 Å². The molecule has 0 aliphatic heterocycles. The lowest BCUT2D eigenvalue weighted by Crippen LogP contribution is -2.26. The van der Waals surface area contributed by atoms with E-state index in [9.17, 15) is 9.59 Å². The number of aromatic nitrogens is 1. The number of nitrogens with one attached hydrogen (secondary N) is 1. The zero-order chi connectivity index (χ0) is 17.3. The Labute approximate surface area is 145 Å². The highest BCUT2D eigenvalue weighted by Gasteiger charge is 2.34. The number of thiazole rings is 1. The monoisotopic (exact) mass is 344 g/mol. The molecule has 1 aliphatic carbocycles. The van der Waals surface area contributed by atoms with Gasteiger partial charge in [0, 0.05) is 6.42 Å². The summed E-state index contributed by atoms with van der Waals surface area (Å²) in [5.74, 6) is 0.509. The summed E-state index contributed by atoms with van der Waals surface area (Å²) >= 11 is 1.25. The van der Waals surface area contributed by atoms with Crippen LogP contribution in [0.15, 0.2) is 24.3 Å². The van der Waals surface area contributed by atoms with Gasteiger partial charge in [-0.15, -0.1) is 0 Å². The van der Waals surface area contributed by atoms with Crippen molar-refractivity contribution in [1.82, 2.24) is 4.98 Å². The van der Waals surface area contributed by atoms with Crippen LogP contribution in [0.1, 0.15) is 41.2 Å². The van der Waals surface area contributed by atoms with Crippen molar-refractivity contribution in [3.8, 4) is 5.75 Å².